The Balaban J connectivity index is 1.89. The van der Waals surface area contributed by atoms with Crippen molar-refractivity contribution in [3.05, 3.63) is 6.20 Å². The predicted molar refractivity (Wildman–Crippen MR) is 73.7 cm³/mol. The Kier molecular flexibility index (Phi) is 4.73. The molecule has 18 heavy (non-hydrogen) atoms. The van der Waals surface area contributed by atoms with Gasteiger partial charge in [-0.05, 0) is 18.8 Å². The molecule has 1 aromatic rings. The summed E-state index contributed by atoms with van der Waals surface area (Å²) in [5.41, 5.74) is 0. The molecule has 1 fully saturated rings. The topological polar surface area (TPSA) is 62.7 Å². The van der Waals surface area contributed by atoms with Crippen LogP contribution < -0.4 is 10.6 Å². The summed E-state index contributed by atoms with van der Waals surface area (Å²) >= 11 is 0. The quantitative estimate of drug-likeness (QED) is 0.840. The first-order valence-corrected chi connectivity index (χ1v) is 6.94. The molecule has 0 spiro atoms. The minimum Gasteiger partial charge on any atom is -0.368 e. The second-order valence-corrected chi connectivity index (χ2v) is 5.42. The van der Waals surface area contributed by atoms with Crippen molar-refractivity contribution in [2.24, 2.45) is 5.92 Å². The molecule has 1 aliphatic rings. The number of rotatable bonds is 5. The third kappa shape index (κ3) is 4.13. The maximum atomic E-state index is 4.44. The van der Waals surface area contributed by atoms with Gasteiger partial charge in [-0.15, -0.1) is 5.10 Å². The molecule has 0 atom stereocenters. The van der Waals surface area contributed by atoms with Gasteiger partial charge in [-0.25, -0.2) is 0 Å². The maximum absolute atomic E-state index is 4.44. The van der Waals surface area contributed by atoms with Crippen LogP contribution in [0.4, 0.5) is 11.8 Å². The van der Waals surface area contributed by atoms with Crippen molar-refractivity contribution in [1.29, 1.82) is 0 Å². The number of hydrogen-bond acceptors (Lipinski definition) is 5. The first kappa shape index (κ1) is 13.1. The maximum Gasteiger partial charge on any atom is 0.244 e. The van der Waals surface area contributed by atoms with E-state index in [4.69, 9.17) is 0 Å². The van der Waals surface area contributed by atoms with Crippen LogP contribution in [0.5, 0.6) is 0 Å². The summed E-state index contributed by atoms with van der Waals surface area (Å²) in [5.74, 6) is 2.04. The van der Waals surface area contributed by atoms with Crippen molar-refractivity contribution in [2.75, 3.05) is 17.2 Å². The molecule has 5 heteroatoms. The largest absolute Gasteiger partial charge is 0.368 e. The number of anilines is 2. The van der Waals surface area contributed by atoms with E-state index in [1.165, 1.54) is 32.1 Å². The van der Waals surface area contributed by atoms with Gasteiger partial charge in [0.25, 0.3) is 0 Å². The van der Waals surface area contributed by atoms with Crippen LogP contribution >= 0.6 is 0 Å². The summed E-state index contributed by atoms with van der Waals surface area (Å²) in [7, 11) is 0. The van der Waals surface area contributed by atoms with Crippen LogP contribution in [0, 0.1) is 5.92 Å². The van der Waals surface area contributed by atoms with E-state index in [9.17, 15) is 0 Å². The monoisotopic (exact) mass is 249 g/mol. The Morgan fingerprint density at radius 3 is 2.78 bits per heavy atom. The van der Waals surface area contributed by atoms with Gasteiger partial charge in [0.15, 0.2) is 5.82 Å². The molecule has 1 saturated carbocycles. The molecule has 1 aliphatic carbocycles. The number of nitrogens with zero attached hydrogens (tertiary/aromatic N) is 3. The fourth-order valence-corrected chi connectivity index (χ4v) is 2.19. The van der Waals surface area contributed by atoms with Gasteiger partial charge in [-0.3, -0.25) is 0 Å². The lowest BCUT2D eigenvalue weighted by Crippen LogP contribution is -2.24. The Labute approximate surface area is 109 Å². The SMILES string of the molecule is CC(C)CNc1cnnc(NC2CCCCC2)n1. The highest BCUT2D eigenvalue weighted by Crippen LogP contribution is 2.20. The Bertz CT molecular complexity index is 360. The van der Waals surface area contributed by atoms with Crippen molar-refractivity contribution in [3.63, 3.8) is 0 Å². The lowest BCUT2D eigenvalue weighted by molar-refractivity contribution is 0.460. The Morgan fingerprint density at radius 2 is 2.06 bits per heavy atom. The molecule has 0 aromatic carbocycles. The molecule has 1 heterocycles. The molecule has 2 rings (SSSR count). The second kappa shape index (κ2) is 6.52. The smallest absolute Gasteiger partial charge is 0.244 e. The molecule has 0 unspecified atom stereocenters. The van der Waals surface area contributed by atoms with Gasteiger partial charge in [0, 0.05) is 12.6 Å². The van der Waals surface area contributed by atoms with Gasteiger partial charge in [-0.1, -0.05) is 33.1 Å². The van der Waals surface area contributed by atoms with E-state index >= 15 is 0 Å². The molecule has 0 bridgehead atoms. The first-order valence-electron chi connectivity index (χ1n) is 6.94. The van der Waals surface area contributed by atoms with Crippen LogP contribution in [0.25, 0.3) is 0 Å². The van der Waals surface area contributed by atoms with Crippen LogP contribution in [0.2, 0.25) is 0 Å². The summed E-state index contributed by atoms with van der Waals surface area (Å²) in [6, 6.07) is 0.515. The number of hydrogen-bond donors (Lipinski definition) is 2. The van der Waals surface area contributed by atoms with Gasteiger partial charge in [0.05, 0.1) is 6.20 Å². The van der Waals surface area contributed by atoms with Gasteiger partial charge in [0.1, 0.15) is 0 Å². The van der Waals surface area contributed by atoms with E-state index in [0.717, 1.165) is 12.4 Å². The van der Waals surface area contributed by atoms with Crippen LogP contribution in [0.1, 0.15) is 46.0 Å². The zero-order valence-electron chi connectivity index (χ0n) is 11.3. The van der Waals surface area contributed by atoms with Gasteiger partial charge < -0.3 is 10.6 Å². The second-order valence-electron chi connectivity index (χ2n) is 5.42. The molecule has 0 aliphatic heterocycles. The van der Waals surface area contributed by atoms with E-state index in [1.54, 1.807) is 6.20 Å². The van der Waals surface area contributed by atoms with E-state index in [2.05, 4.69) is 39.7 Å². The lowest BCUT2D eigenvalue weighted by Gasteiger charge is -2.22. The van der Waals surface area contributed by atoms with Crippen molar-refractivity contribution < 1.29 is 0 Å². The summed E-state index contributed by atoms with van der Waals surface area (Å²) < 4.78 is 0. The van der Waals surface area contributed by atoms with E-state index in [1.807, 2.05) is 0 Å². The highest BCUT2D eigenvalue weighted by Gasteiger charge is 2.14. The molecule has 0 saturated heterocycles. The highest BCUT2D eigenvalue weighted by molar-refractivity contribution is 5.37. The van der Waals surface area contributed by atoms with Crippen LogP contribution in [-0.4, -0.2) is 27.8 Å². The number of nitrogens with one attached hydrogen (secondary N) is 2. The van der Waals surface area contributed by atoms with Crippen molar-refractivity contribution in [1.82, 2.24) is 15.2 Å². The zero-order valence-corrected chi connectivity index (χ0v) is 11.3. The molecular weight excluding hydrogens is 226 g/mol. The van der Waals surface area contributed by atoms with Crippen molar-refractivity contribution >= 4 is 11.8 Å². The van der Waals surface area contributed by atoms with Crippen LogP contribution in [-0.2, 0) is 0 Å². The molecule has 100 valence electrons. The number of aromatic nitrogens is 3. The minimum atomic E-state index is 0.515. The molecule has 0 radical (unpaired) electrons. The molecule has 2 N–H and O–H groups in total. The fraction of sp³-hybridized carbons (Fsp3) is 0.769. The van der Waals surface area contributed by atoms with Crippen LogP contribution in [0.3, 0.4) is 0 Å². The third-order valence-corrected chi connectivity index (χ3v) is 3.19. The van der Waals surface area contributed by atoms with Gasteiger partial charge in [-0.2, -0.15) is 10.1 Å². The summed E-state index contributed by atoms with van der Waals surface area (Å²) in [5, 5.41) is 14.7. The molecule has 1 aromatic heterocycles. The third-order valence-electron chi connectivity index (χ3n) is 3.19. The average molecular weight is 249 g/mol. The Hall–Kier alpha value is -1.39. The van der Waals surface area contributed by atoms with E-state index < -0.39 is 0 Å². The molecule has 5 nitrogen and oxygen atoms in total. The zero-order chi connectivity index (χ0) is 12.8. The van der Waals surface area contributed by atoms with E-state index in [-0.39, 0.29) is 0 Å². The normalized spacial score (nSPS) is 16.8. The molecular formula is C13H23N5. The summed E-state index contributed by atoms with van der Waals surface area (Å²) in [6.45, 7) is 5.24. The average Bonchev–Trinajstić information content (AvgIpc) is 2.38. The summed E-state index contributed by atoms with van der Waals surface area (Å²) in [6.07, 6.45) is 8.06. The first-order chi connectivity index (χ1) is 8.74. The predicted octanol–water partition coefficient (Wildman–Crippen LogP) is 2.68. The fourth-order valence-electron chi connectivity index (χ4n) is 2.19. The van der Waals surface area contributed by atoms with Gasteiger partial charge >= 0.3 is 0 Å². The Morgan fingerprint density at radius 1 is 1.28 bits per heavy atom. The summed E-state index contributed by atoms with van der Waals surface area (Å²) in [4.78, 5) is 4.44. The minimum absolute atomic E-state index is 0.515. The van der Waals surface area contributed by atoms with Crippen molar-refractivity contribution in [2.45, 2.75) is 52.0 Å². The standard InChI is InChI=1S/C13H23N5/c1-10(2)8-14-12-9-15-18-13(17-12)16-11-6-4-3-5-7-11/h9-11H,3-8H2,1-2H3,(H2,14,16,17,18). The lowest BCUT2D eigenvalue weighted by atomic mass is 9.96. The highest BCUT2D eigenvalue weighted by atomic mass is 15.3. The van der Waals surface area contributed by atoms with Crippen molar-refractivity contribution in [3.8, 4) is 0 Å². The van der Waals surface area contributed by atoms with Gasteiger partial charge in [0.2, 0.25) is 5.95 Å². The van der Waals surface area contributed by atoms with E-state index in [0.29, 0.717) is 17.9 Å². The molecule has 0 amide bonds. The van der Waals surface area contributed by atoms with Crippen LogP contribution in [0.15, 0.2) is 6.20 Å².